The molecule has 0 unspecified atom stereocenters. The van der Waals surface area contributed by atoms with E-state index >= 15 is 0 Å². The van der Waals surface area contributed by atoms with Crippen LogP contribution in [0.1, 0.15) is 0 Å². The van der Waals surface area contributed by atoms with E-state index in [1.165, 1.54) is 0 Å². The molecule has 0 saturated heterocycles. The molecule has 0 aliphatic rings. The van der Waals surface area contributed by atoms with Crippen LogP contribution in [0.3, 0.4) is 0 Å². The van der Waals surface area contributed by atoms with Crippen molar-refractivity contribution in [2.45, 2.75) is 0 Å². The number of rotatable bonds is 2. The maximum absolute atomic E-state index is 12.6. The van der Waals surface area contributed by atoms with Gasteiger partial charge >= 0.3 is 0 Å². The van der Waals surface area contributed by atoms with Crippen molar-refractivity contribution >= 4 is 17.4 Å². The zero-order chi connectivity index (χ0) is 9.14. The number of halogens is 2. The molecule has 0 amide bonds. The summed E-state index contributed by atoms with van der Waals surface area (Å²) in [6.07, 6.45) is 0.989. The summed E-state index contributed by atoms with van der Waals surface area (Å²) in [5.74, 6) is -0.946. The van der Waals surface area contributed by atoms with Crippen LogP contribution in [-0.2, 0) is 0 Å². The minimum atomic E-state index is -0.838. The fourth-order valence-corrected chi connectivity index (χ4v) is 0.672. The molecule has 12 heavy (non-hydrogen) atoms. The van der Waals surface area contributed by atoms with Crippen molar-refractivity contribution in [1.82, 2.24) is 4.98 Å². The van der Waals surface area contributed by atoms with Crippen molar-refractivity contribution < 1.29 is 9.42 Å². The summed E-state index contributed by atoms with van der Waals surface area (Å²) in [6.45, 7) is 0. The molecule has 0 aliphatic carbocycles. The van der Waals surface area contributed by atoms with Crippen LogP contribution in [0.25, 0.3) is 0 Å². The number of aromatic nitrogens is 1. The van der Waals surface area contributed by atoms with Crippen LogP contribution in [0.15, 0.2) is 12.3 Å². The number of hydrogen-bond donors (Lipinski definition) is 1. The molecule has 1 aromatic rings. The standard InChI is InChI=1S/C5H3ClFN3O2/c6-3-2-8-5(1-4(3)7)9-10(11)12/h1-2H,(H,8,9). The van der Waals surface area contributed by atoms with Gasteiger partial charge in [-0.1, -0.05) is 17.0 Å². The fraction of sp³-hybridized carbons (Fsp3) is 0. The van der Waals surface area contributed by atoms with Gasteiger partial charge in [-0.3, -0.25) is 0 Å². The van der Waals surface area contributed by atoms with Gasteiger partial charge in [0.05, 0.1) is 11.2 Å². The summed E-state index contributed by atoms with van der Waals surface area (Å²) in [6, 6.07) is 0.838. The van der Waals surface area contributed by atoms with Gasteiger partial charge in [0.1, 0.15) is 5.82 Å². The number of anilines is 1. The minimum absolute atomic E-state index is 0.177. The Balaban J connectivity index is 2.89. The third-order valence-electron chi connectivity index (χ3n) is 1.01. The molecular formula is C5H3ClFN3O2. The average Bonchev–Trinajstić information content (AvgIpc) is 1.96. The first kappa shape index (κ1) is 8.66. The molecule has 0 saturated carbocycles. The number of hydrogen-bond acceptors (Lipinski definition) is 3. The number of nitro groups is 1. The van der Waals surface area contributed by atoms with Crippen molar-refractivity contribution in [3.8, 4) is 0 Å². The van der Waals surface area contributed by atoms with E-state index in [4.69, 9.17) is 11.6 Å². The van der Waals surface area contributed by atoms with Crippen molar-refractivity contribution in [3.05, 3.63) is 33.2 Å². The summed E-state index contributed by atoms with van der Waals surface area (Å²) in [5.41, 5.74) is 1.69. The third kappa shape index (κ3) is 2.03. The maximum atomic E-state index is 12.6. The largest absolute Gasteiger partial charge is 0.234 e. The lowest BCUT2D eigenvalue weighted by atomic mass is 10.4. The Hall–Kier alpha value is -1.43. The molecule has 0 atom stereocenters. The quantitative estimate of drug-likeness (QED) is 0.568. The summed E-state index contributed by atoms with van der Waals surface area (Å²) in [7, 11) is 0. The number of hydrazine groups is 1. The highest BCUT2D eigenvalue weighted by molar-refractivity contribution is 6.30. The number of nitrogens with zero attached hydrogens (tertiary/aromatic N) is 2. The van der Waals surface area contributed by atoms with Gasteiger partial charge < -0.3 is 0 Å². The summed E-state index contributed by atoms with van der Waals surface area (Å²) in [4.78, 5) is 13.3. The monoisotopic (exact) mass is 191 g/mol. The summed E-state index contributed by atoms with van der Waals surface area (Å²) >= 11 is 5.28. The molecule has 64 valence electrons. The van der Waals surface area contributed by atoms with Crippen LogP contribution >= 0.6 is 11.6 Å². The van der Waals surface area contributed by atoms with E-state index in [9.17, 15) is 14.5 Å². The molecule has 1 N–H and O–H groups in total. The molecular weight excluding hydrogens is 189 g/mol. The van der Waals surface area contributed by atoms with Crippen LogP contribution in [0.5, 0.6) is 0 Å². The van der Waals surface area contributed by atoms with E-state index in [1.807, 2.05) is 0 Å². The summed E-state index contributed by atoms with van der Waals surface area (Å²) in [5, 5.41) is 8.85. The predicted molar refractivity (Wildman–Crippen MR) is 39.8 cm³/mol. The van der Waals surface area contributed by atoms with Gasteiger partial charge in [0.25, 0.3) is 0 Å². The molecule has 0 spiro atoms. The van der Waals surface area contributed by atoms with Crippen LogP contribution < -0.4 is 5.43 Å². The molecule has 0 fully saturated rings. The van der Waals surface area contributed by atoms with Gasteiger partial charge in [-0.05, 0) is 0 Å². The SMILES string of the molecule is O=[N+]([O-])Nc1cc(F)c(Cl)cn1. The van der Waals surface area contributed by atoms with E-state index in [1.54, 1.807) is 5.43 Å². The second kappa shape index (κ2) is 3.31. The van der Waals surface area contributed by atoms with Crippen molar-refractivity contribution in [2.75, 3.05) is 5.43 Å². The first-order valence-electron chi connectivity index (χ1n) is 2.81. The van der Waals surface area contributed by atoms with Gasteiger partial charge in [0, 0.05) is 6.07 Å². The first-order valence-corrected chi connectivity index (χ1v) is 3.19. The molecule has 0 aromatic carbocycles. The van der Waals surface area contributed by atoms with Gasteiger partial charge in [0.15, 0.2) is 10.9 Å². The highest BCUT2D eigenvalue weighted by Gasteiger charge is 2.05. The maximum Gasteiger partial charge on any atom is 0.193 e. The molecule has 1 heterocycles. The lowest BCUT2D eigenvalue weighted by Gasteiger charge is -1.96. The van der Waals surface area contributed by atoms with Crippen molar-refractivity contribution in [2.24, 2.45) is 0 Å². The third-order valence-corrected chi connectivity index (χ3v) is 1.29. The Morgan fingerprint density at radius 2 is 2.42 bits per heavy atom. The molecule has 5 nitrogen and oxygen atoms in total. The van der Waals surface area contributed by atoms with Crippen LogP contribution in [0, 0.1) is 15.9 Å². The molecule has 1 rings (SSSR count). The highest BCUT2D eigenvalue weighted by atomic mass is 35.5. The number of pyridine rings is 1. The van der Waals surface area contributed by atoms with Crippen LogP contribution in [0.2, 0.25) is 5.02 Å². The van der Waals surface area contributed by atoms with Crippen molar-refractivity contribution in [1.29, 1.82) is 0 Å². The normalized spacial score (nSPS) is 9.50. The minimum Gasteiger partial charge on any atom is -0.234 e. The molecule has 1 aromatic heterocycles. The fourth-order valence-electron chi connectivity index (χ4n) is 0.569. The smallest absolute Gasteiger partial charge is 0.193 e. The van der Waals surface area contributed by atoms with Gasteiger partial charge in [-0.2, -0.15) is 0 Å². The van der Waals surface area contributed by atoms with Gasteiger partial charge in [0.2, 0.25) is 0 Å². The Morgan fingerprint density at radius 1 is 1.75 bits per heavy atom. The van der Waals surface area contributed by atoms with Crippen LogP contribution in [0.4, 0.5) is 10.2 Å². The second-order valence-corrected chi connectivity index (χ2v) is 2.26. The Labute approximate surface area is 71.3 Å². The predicted octanol–water partition coefficient (Wildman–Crippen LogP) is 1.48. The van der Waals surface area contributed by atoms with Gasteiger partial charge in [-0.25, -0.2) is 19.5 Å². The highest BCUT2D eigenvalue weighted by Crippen LogP contribution is 2.15. The van der Waals surface area contributed by atoms with E-state index in [0.29, 0.717) is 0 Å². The van der Waals surface area contributed by atoms with Gasteiger partial charge in [-0.15, -0.1) is 0 Å². The molecule has 0 bridgehead atoms. The lowest BCUT2D eigenvalue weighted by Crippen LogP contribution is -2.09. The van der Waals surface area contributed by atoms with E-state index in [-0.39, 0.29) is 10.8 Å². The Kier molecular flexibility index (Phi) is 2.39. The Bertz CT molecular complexity index is 320. The average molecular weight is 192 g/mol. The van der Waals surface area contributed by atoms with Crippen LogP contribution in [-0.4, -0.2) is 10.0 Å². The summed E-state index contributed by atoms with van der Waals surface area (Å²) < 4.78 is 12.6. The first-order chi connectivity index (χ1) is 5.59. The van der Waals surface area contributed by atoms with E-state index in [2.05, 4.69) is 4.98 Å². The van der Waals surface area contributed by atoms with E-state index in [0.717, 1.165) is 12.3 Å². The molecule has 7 heteroatoms. The zero-order valence-electron chi connectivity index (χ0n) is 5.62. The van der Waals surface area contributed by atoms with E-state index < -0.39 is 10.8 Å². The second-order valence-electron chi connectivity index (χ2n) is 1.85. The lowest BCUT2D eigenvalue weighted by molar-refractivity contribution is -0.445. The molecule has 0 aliphatic heterocycles. The Morgan fingerprint density at radius 3 is 2.92 bits per heavy atom. The topological polar surface area (TPSA) is 68.1 Å². The number of nitrogens with one attached hydrogen (secondary N) is 1. The molecule has 0 radical (unpaired) electrons. The van der Waals surface area contributed by atoms with Crippen molar-refractivity contribution in [3.63, 3.8) is 0 Å². The zero-order valence-corrected chi connectivity index (χ0v) is 6.38.